The van der Waals surface area contributed by atoms with Crippen LogP contribution < -0.4 is 0 Å². The Balaban J connectivity index is 1.51. The molecule has 1 aromatic carbocycles. The van der Waals surface area contributed by atoms with Crippen LogP contribution in [0.2, 0.25) is 0 Å². The number of carbonyl (C=O) groups is 1. The first kappa shape index (κ1) is 24.0. The first-order valence-electron chi connectivity index (χ1n) is 12.3. The number of benzene rings is 1. The summed E-state index contributed by atoms with van der Waals surface area (Å²) in [6.07, 6.45) is 13.6. The maximum Gasteiger partial charge on any atom is 0.308 e. The monoisotopic (exact) mass is 428 g/mol. The summed E-state index contributed by atoms with van der Waals surface area (Å²) >= 11 is 0. The normalized spacial score (nSPS) is 29.5. The number of aliphatic hydroxyl groups is 2. The number of hydrogen-bond donors (Lipinski definition) is 2. The lowest BCUT2D eigenvalue weighted by Gasteiger charge is -2.49. The molecule has 0 amide bonds. The van der Waals surface area contributed by atoms with Crippen molar-refractivity contribution in [3.63, 3.8) is 0 Å². The van der Waals surface area contributed by atoms with Crippen molar-refractivity contribution in [2.24, 2.45) is 17.8 Å². The van der Waals surface area contributed by atoms with E-state index in [2.05, 4.69) is 30.3 Å². The molecule has 5 atom stereocenters. The number of ether oxygens (including phenoxy) is 1. The van der Waals surface area contributed by atoms with Crippen molar-refractivity contribution in [2.75, 3.05) is 6.61 Å². The predicted molar refractivity (Wildman–Crippen MR) is 124 cm³/mol. The summed E-state index contributed by atoms with van der Waals surface area (Å²) in [5.41, 5.74) is 0.364. The minimum Gasteiger partial charge on any atom is -0.466 e. The fourth-order valence-electron chi connectivity index (χ4n) is 5.80. The Morgan fingerprint density at radius 2 is 2.00 bits per heavy atom. The van der Waals surface area contributed by atoms with Gasteiger partial charge in [-0.05, 0) is 68.8 Å². The SMILES string of the molecule is CCOC(=O)CC1(O)CC(/C=C/C(O)CCCCc2ccccc2)CC2CCCCC21. The predicted octanol–water partition coefficient (Wildman–Crippen LogP) is 5.22. The van der Waals surface area contributed by atoms with E-state index in [0.717, 1.165) is 51.4 Å². The molecule has 172 valence electrons. The summed E-state index contributed by atoms with van der Waals surface area (Å²) in [6, 6.07) is 10.5. The molecule has 1 aromatic rings. The maximum absolute atomic E-state index is 12.2. The molecule has 0 spiro atoms. The zero-order chi connectivity index (χ0) is 22.1. The number of allylic oxidation sites excluding steroid dienone is 1. The summed E-state index contributed by atoms with van der Waals surface area (Å²) in [7, 11) is 0. The van der Waals surface area contributed by atoms with Crippen molar-refractivity contribution in [1.82, 2.24) is 0 Å². The first-order chi connectivity index (χ1) is 15.0. The molecule has 0 radical (unpaired) electrons. The Bertz CT molecular complexity index is 700. The zero-order valence-corrected chi connectivity index (χ0v) is 19.0. The molecular weight excluding hydrogens is 388 g/mol. The molecule has 2 saturated carbocycles. The van der Waals surface area contributed by atoms with Gasteiger partial charge < -0.3 is 14.9 Å². The number of esters is 1. The van der Waals surface area contributed by atoms with Crippen LogP contribution >= 0.6 is 0 Å². The van der Waals surface area contributed by atoms with Crippen molar-refractivity contribution in [3.05, 3.63) is 48.0 Å². The van der Waals surface area contributed by atoms with Crippen LogP contribution in [0.15, 0.2) is 42.5 Å². The van der Waals surface area contributed by atoms with E-state index >= 15 is 0 Å². The quantitative estimate of drug-likeness (QED) is 0.305. The Morgan fingerprint density at radius 1 is 1.23 bits per heavy atom. The van der Waals surface area contributed by atoms with E-state index in [0.29, 0.717) is 18.9 Å². The van der Waals surface area contributed by atoms with Gasteiger partial charge in [0.2, 0.25) is 0 Å². The molecule has 0 bridgehead atoms. The van der Waals surface area contributed by atoms with E-state index < -0.39 is 11.7 Å². The van der Waals surface area contributed by atoms with E-state index in [1.54, 1.807) is 6.92 Å². The smallest absolute Gasteiger partial charge is 0.308 e. The first-order valence-corrected chi connectivity index (χ1v) is 12.3. The standard InChI is InChI=1S/C27H40O4/c1-2-31-26(29)20-27(30)19-22(18-23-13-7-9-15-25(23)27)16-17-24(28)14-8-6-12-21-10-4-3-5-11-21/h3-5,10-11,16-17,22-25,28,30H,2,6-9,12-15,18-20H2,1H3/b17-16+. The van der Waals surface area contributed by atoms with Crippen molar-refractivity contribution >= 4 is 5.97 Å². The molecule has 2 fully saturated rings. The molecule has 31 heavy (non-hydrogen) atoms. The van der Waals surface area contributed by atoms with E-state index in [9.17, 15) is 15.0 Å². The van der Waals surface area contributed by atoms with Gasteiger partial charge in [0.25, 0.3) is 0 Å². The van der Waals surface area contributed by atoms with E-state index in [4.69, 9.17) is 4.74 Å². The summed E-state index contributed by atoms with van der Waals surface area (Å²) in [5, 5.41) is 21.9. The summed E-state index contributed by atoms with van der Waals surface area (Å²) < 4.78 is 5.15. The molecule has 5 unspecified atom stereocenters. The molecule has 2 N–H and O–H groups in total. The molecule has 3 rings (SSSR count). The Hall–Kier alpha value is -1.65. The van der Waals surface area contributed by atoms with Crippen LogP contribution in [-0.4, -0.2) is 34.5 Å². The van der Waals surface area contributed by atoms with Crippen molar-refractivity contribution in [3.8, 4) is 0 Å². The maximum atomic E-state index is 12.2. The topological polar surface area (TPSA) is 66.8 Å². The highest BCUT2D eigenvalue weighted by molar-refractivity contribution is 5.70. The Labute approximate surface area is 187 Å². The molecule has 4 nitrogen and oxygen atoms in total. The number of fused-ring (bicyclic) bond motifs is 1. The Morgan fingerprint density at radius 3 is 2.77 bits per heavy atom. The van der Waals surface area contributed by atoms with Crippen LogP contribution in [-0.2, 0) is 16.0 Å². The van der Waals surface area contributed by atoms with E-state index in [-0.39, 0.29) is 24.2 Å². The van der Waals surface area contributed by atoms with Crippen molar-refractivity contribution < 1.29 is 19.7 Å². The highest BCUT2D eigenvalue weighted by Crippen LogP contribution is 2.50. The highest BCUT2D eigenvalue weighted by Gasteiger charge is 2.48. The van der Waals surface area contributed by atoms with Gasteiger partial charge in [-0.1, -0.05) is 68.2 Å². The minimum atomic E-state index is -0.981. The molecule has 2 aliphatic carbocycles. The largest absolute Gasteiger partial charge is 0.466 e. The van der Waals surface area contributed by atoms with Crippen molar-refractivity contribution in [2.45, 2.75) is 89.3 Å². The highest BCUT2D eigenvalue weighted by atomic mass is 16.5. The van der Waals surface area contributed by atoms with Crippen LogP contribution in [0.3, 0.4) is 0 Å². The van der Waals surface area contributed by atoms with Crippen LogP contribution in [0.4, 0.5) is 0 Å². The molecule has 0 aromatic heterocycles. The van der Waals surface area contributed by atoms with Gasteiger partial charge in [0.05, 0.1) is 24.7 Å². The molecule has 4 heteroatoms. The zero-order valence-electron chi connectivity index (χ0n) is 19.0. The number of hydrogen-bond acceptors (Lipinski definition) is 4. The van der Waals surface area contributed by atoms with Gasteiger partial charge in [0.1, 0.15) is 0 Å². The molecule has 0 aliphatic heterocycles. The van der Waals surface area contributed by atoms with Crippen molar-refractivity contribution in [1.29, 1.82) is 0 Å². The number of rotatable bonds is 10. The Kier molecular flexibility index (Phi) is 9.15. The summed E-state index contributed by atoms with van der Waals surface area (Å²) in [6.45, 7) is 2.15. The second-order valence-corrected chi connectivity index (χ2v) is 9.62. The second kappa shape index (κ2) is 11.8. The van der Waals surface area contributed by atoms with E-state index in [1.165, 1.54) is 12.0 Å². The van der Waals surface area contributed by atoms with Crippen LogP contribution in [0, 0.1) is 17.8 Å². The molecule has 0 heterocycles. The third kappa shape index (κ3) is 7.18. The van der Waals surface area contributed by atoms with Gasteiger partial charge in [-0.2, -0.15) is 0 Å². The lowest BCUT2D eigenvalue weighted by molar-refractivity contribution is -0.159. The number of aliphatic hydroxyl groups excluding tert-OH is 1. The number of carbonyl (C=O) groups excluding carboxylic acids is 1. The second-order valence-electron chi connectivity index (χ2n) is 9.62. The fourth-order valence-corrected chi connectivity index (χ4v) is 5.80. The van der Waals surface area contributed by atoms with Gasteiger partial charge in [-0.25, -0.2) is 0 Å². The van der Waals surface area contributed by atoms with Gasteiger partial charge in [0, 0.05) is 0 Å². The molecule has 0 saturated heterocycles. The van der Waals surface area contributed by atoms with Gasteiger partial charge >= 0.3 is 5.97 Å². The van der Waals surface area contributed by atoms with E-state index in [1.807, 2.05) is 12.1 Å². The average Bonchev–Trinajstić information content (AvgIpc) is 2.76. The third-order valence-corrected chi connectivity index (χ3v) is 7.24. The number of aryl methyl sites for hydroxylation is 1. The lowest BCUT2D eigenvalue weighted by atomic mass is 9.59. The average molecular weight is 429 g/mol. The van der Waals surface area contributed by atoms with Crippen LogP contribution in [0.5, 0.6) is 0 Å². The van der Waals surface area contributed by atoms with Crippen LogP contribution in [0.1, 0.15) is 76.7 Å². The van der Waals surface area contributed by atoms with Gasteiger partial charge in [-0.3, -0.25) is 4.79 Å². The fraction of sp³-hybridized carbons (Fsp3) is 0.667. The number of unbranched alkanes of at least 4 members (excludes halogenated alkanes) is 1. The summed E-state index contributed by atoms with van der Waals surface area (Å²) in [4.78, 5) is 12.2. The van der Waals surface area contributed by atoms with Gasteiger partial charge in [-0.15, -0.1) is 0 Å². The van der Waals surface area contributed by atoms with Gasteiger partial charge in [0.15, 0.2) is 0 Å². The molecule has 2 aliphatic rings. The van der Waals surface area contributed by atoms with Crippen LogP contribution in [0.25, 0.3) is 0 Å². The summed E-state index contributed by atoms with van der Waals surface area (Å²) in [5.74, 6) is 0.563. The minimum absolute atomic E-state index is 0.0917. The lowest BCUT2D eigenvalue weighted by Crippen LogP contribution is -2.50. The third-order valence-electron chi connectivity index (χ3n) is 7.24. The molecular formula is C27H40O4.